The van der Waals surface area contributed by atoms with Gasteiger partial charge in [-0.15, -0.1) is 0 Å². The Morgan fingerprint density at radius 1 is 0.652 bits per heavy atom. The van der Waals surface area contributed by atoms with E-state index in [1.165, 1.54) is 0 Å². The van der Waals surface area contributed by atoms with Crippen LogP contribution in [0.1, 0.15) is 83.5 Å². The van der Waals surface area contributed by atoms with E-state index in [0.717, 1.165) is 12.4 Å². The molecule has 3 aromatic rings. The first-order chi connectivity index (χ1) is 31.3. The van der Waals surface area contributed by atoms with Crippen LogP contribution in [-0.2, 0) is 21.9 Å². The average molecular weight is 938 g/mol. The van der Waals surface area contributed by atoms with Gasteiger partial charge in [-0.25, -0.2) is 14.8 Å². The number of guanidine groups is 1. The molecule has 66 heavy (non-hydrogen) atoms. The standard InChI is InChI=1S/C40H49F6N13O7/c41-39(42,43)21-13-25(56-31(60)5-1-3-9-52-37(47)48)33(65-23-7-11-50-18-23)27(15-21)58-35(62)29-17-30(55-20-54-29)36(63)59-28-16-22(40(44,45)46)14-26(34(28)66-24-8-12-51-19-24)57-32(61)6-2-4-10-53-38(49)64/h13-17,20,23-24,50-51H,1-12,18-19H2,(H,56,60)(H,57,61)(H,58,62)(H,59,63)(H4,47,48,52)(H3,49,53,64). The number of carbonyl (C=O) groups is 5. The molecule has 0 aliphatic carbocycles. The Kier molecular flexibility index (Phi) is 17.3. The van der Waals surface area contributed by atoms with Crippen LogP contribution in [0, 0.1) is 0 Å². The molecule has 2 atom stereocenters. The lowest BCUT2D eigenvalue weighted by Crippen LogP contribution is -2.30. The molecule has 2 aliphatic rings. The maximum absolute atomic E-state index is 14.3. The van der Waals surface area contributed by atoms with E-state index in [2.05, 4.69) is 52.2 Å². The third-order valence-corrected chi connectivity index (χ3v) is 9.84. The summed E-state index contributed by atoms with van der Waals surface area (Å²) < 4.78 is 97.8. The van der Waals surface area contributed by atoms with Crippen LogP contribution in [0.5, 0.6) is 11.5 Å². The number of amides is 6. The van der Waals surface area contributed by atoms with Gasteiger partial charge in [0.15, 0.2) is 17.5 Å². The van der Waals surface area contributed by atoms with Crippen molar-refractivity contribution in [3.8, 4) is 11.5 Å². The number of nitrogens with one attached hydrogen (secondary N) is 7. The number of hydrogen-bond donors (Lipinski definition) is 10. The van der Waals surface area contributed by atoms with E-state index in [0.29, 0.717) is 69.6 Å². The minimum Gasteiger partial charge on any atom is -0.485 e. The van der Waals surface area contributed by atoms with Crippen LogP contribution < -0.4 is 63.9 Å². The lowest BCUT2D eigenvalue weighted by atomic mass is 10.1. The molecule has 2 unspecified atom stereocenters. The minimum absolute atomic E-state index is 0.130. The molecule has 26 heteroatoms. The number of primary amides is 1. The molecule has 6 amide bonds. The molecular weight excluding hydrogens is 889 g/mol. The molecule has 3 heterocycles. The van der Waals surface area contributed by atoms with Gasteiger partial charge >= 0.3 is 18.4 Å². The fraction of sp³-hybridized carbons (Fsp3) is 0.450. The highest BCUT2D eigenvalue weighted by Gasteiger charge is 2.36. The largest absolute Gasteiger partial charge is 0.485 e. The van der Waals surface area contributed by atoms with Gasteiger partial charge in [0, 0.05) is 45.1 Å². The van der Waals surface area contributed by atoms with E-state index in [4.69, 9.17) is 26.7 Å². The summed E-state index contributed by atoms with van der Waals surface area (Å²) in [5.41, 5.74) is 10.1. The summed E-state index contributed by atoms with van der Waals surface area (Å²) in [6, 6.07) is 2.58. The summed E-state index contributed by atoms with van der Waals surface area (Å²) in [7, 11) is 0. The zero-order valence-electron chi connectivity index (χ0n) is 35.2. The van der Waals surface area contributed by atoms with Crippen molar-refractivity contribution in [3.63, 3.8) is 0 Å². The van der Waals surface area contributed by atoms with Gasteiger partial charge in [0.1, 0.15) is 29.9 Å². The molecule has 358 valence electrons. The molecule has 0 bridgehead atoms. The third-order valence-electron chi connectivity index (χ3n) is 9.84. The second-order valence-electron chi connectivity index (χ2n) is 15.1. The topological polar surface area (TPSA) is 304 Å². The van der Waals surface area contributed by atoms with Crippen molar-refractivity contribution in [1.82, 2.24) is 25.9 Å². The van der Waals surface area contributed by atoms with Gasteiger partial charge in [-0.3, -0.25) is 24.2 Å². The lowest BCUT2D eigenvalue weighted by molar-refractivity contribution is -0.138. The average Bonchev–Trinajstić information content (AvgIpc) is 3.97. The zero-order valence-corrected chi connectivity index (χ0v) is 35.2. The summed E-state index contributed by atoms with van der Waals surface area (Å²) >= 11 is 0. The van der Waals surface area contributed by atoms with Crippen LogP contribution in [0.4, 0.5) is 53.9 Å². The van der Waals surface area contributed by atoms with Crippen molar-refractivity contribution in [1.29, 1.82) is 0 Å². The van der Waals surface area contributed by atoms with Gasteiger partial charge in [-0.05, 0) is 75.9 Å². The fourth-order valence-corrected chi connectivity index (χ4v) is 6.63. The second kappa shape index (κ2) is 22.8. The predicted molar refractivity (Wildman–Crippen MR) is 228 cm³/mol. The first-order valence-electron chi connectivity index (χ1n) is 20.6. The van der Waals surface area contributed by atoms with Crippen LogP contribution in [-0.4, -0.2) is 97.1 Å². The smallest absolute Gasteiger partial charge is 0.416 e. The molecule has 0 radical (unpaired) electrons. The highest BCUT2D eigenvalue weighted by molar-refractivity contribution is 6.09. The van der Waals surface area contributed by atoms with Crippen molar-refractivity contribution in [2.75, 3.05) is 60.5 Å². The quantitative estimate of drug-likeness (QED) is 0.0335. The number of halogens is 6. The van der Waals surface area contributed by atoms with Crippen molar-refractivity contribution >= 4 is 58.4 Å². The number of carbonyl (C=O) groups excluding carboxylic acids is 5. The van der Waals surface area contributed by atoms with Crippen LogP contribution in [0.2, 0.25) is 0 Å². The lowest BCUT2D eigenvalue weighted by Gasteiger charge is -2.22. The Morgan fingerprint density at radius 2 is 1.09 bits per heavy atom. The highest BCUT2D eigenvalue weighted by Crippen LogP contribution is 2.43. The predicted octanol–water partition coefficient (Wildman–Crippen LogP) is 3.66. The number of ether oxygens (including phenoxy) is 2. The number of aliphatic imine (C=N–C) groups is 1. The molecule has 1 aromatic heterocycles. The number of unbranched alkanes of at least 4 members (excludes halogenated alkanes) is 2. The molecule has 2 aromatic carbocycles. The number of aromatic nitrogens is 2. The summed E-state index contributed by atoms with van der Waals surface area (Å²) in [6.07, 6.45) is -8.59. The summed E-state index contributed by atoms with van der Waals surface area (Å²) in [5, 5.41) is 18.0. The maximum Gasteiger partial charge on any atom is 0.416 e. The van der Waals surface area contributed by atoms with Crippen LogP contribution in [0.15, 0.2) is 41.7 Å². The van der Waals surface area contributed by atoms with Gasteiger partial charge in [-0.2, -0.15) is 26.3 Å². The maximum atomic E-state index is 14.3. The molecule has 2 aliphatic heterocycles. The van der Waals surface area contributed by atoms with Crippen LogP contribution in [0.3, 0.4) is 0 Å². The summed E-state index contributed by atoms with van der Waals surface area (Å²) in [5.74, 6) is -4.47. The van der Waals surface area contributed by atoms with E-state index in [1.807, 2.05) is 0 Å². The Morgan fingerprint density at radius 3 is 1.48 bits per heavy atom. The molecular formula is C40H49F6N13O7. The molecule has 0 spiro atoms. The third kappa shape index (κ3) is 15.1. The van der Waals surface area contributed by atoms with Crippen LogP contribution in [0.25, 0.3) is 0 Å². The fourth-order valence-electron chi connectivity index (χ4n) is 6.63. The first-order valence-corrected chi connectivity index (χ1v) is 20.6. The Bertz CT molecular complexity index is 2260. The number of hydrogen-bond acceptors (Lipinski definition) is 12. The number of benzene rings is 2. The Balaban J connectivity index is 1.43. The monoisotopic (exact) mass is 937 g/mol. The highest BCUT2D eigenvalue weighted by atomic mass is 19.4. The minimum atomic E-state index is -4.98. The Hall–Kier alpha value is -6.96. The van der Waals surface area contributed by atoms with E-state index < -0.39 is 99.5 Å². The van der Waals surface area contributed by atoms with E-state index >= 15 is 0 Å². The molecule has 2 saturated heterocycles. The normalized spacial score (nSPS) is 15.9. The zero-order chi connectivity index (χ0) is 48.0. The van der Waals surface area contributed by atoms with Crippen molar-refractivity contribution in [3.05, 3.63) is 59.2 Å². The van der Waals surface area contributed by atoms with Crippen molar-refractivity contribution in [2.24, 2.45) is 22.2 Å². The first kappa shape index (κ1) is 50.0. The molecule has 20 nitrogen and oxygen atoms in total. The van der Waals surface area contributed by atoms with Crippen LogP contribution >= 0.6 is 0 Å². The number of nitrogens with two attached hydrogens (primary N) is 3. The van der Waals surface area contributed by atoms with Crippen molar-refractivity contribution < 1.29 is 59.8 Å². The van der Waals surface area contributed by atoms with E-state index in [9.17, 15) is 50.3 Å². The SMILES string of the molecule is NC(=O)NCCCCC(=O)Nc1cc(C(F)(F)F)cc(NC(=O)c2cc(C(=O)Nc3cc(C(F)(F)F)cc(NC(=O)CCCCN=C(N)N)c3OC3CCNC3)ncn2)c1OC1CCNC1. The van der Waals surface area contributed by atoms with Gasteiger partial charge in [0.2, 0.25) is 11.8 Å². The molecule has 0 saturated carbocycles. The number of alkyl halides is 6. The molecule has 2 fully saturated rings. The Labute approximate surface area is 373 Å². The molecule has 13 N–H and O–H groups in total. The summed E-state index contributed by atoms with van der Waals surface area (Å²) in [6.45, 7) is 1.96. The number of anilines is 4. The van der Waals surface area contributed by atoms with Gasteiger partial charge in [0.25, 0.3) is 11.8 Å². The van der Waals surface area contributed by atoms with Gasteiger partial charge in [-0.1, -0.05) is 0 Å². The van der Waals surface area contributed by atoms with E-state index in [1.54, 1.807) is 0 Å². The number of rotatable bonds is 20. The second-order valence-corrected chi connectivity index (χ2v) is 15.1. The number of urea groups is 1. The summed E-state index contributed by atoms with van der Waals surface area (Å²) in [4.78, 5) is 75.9. The van der Waals surface area contributed by atoms with Gasteiger partial charge < -0.3 is 63.9 Å². The van der Waals surface area contributed by atoms with Crippen molar-refractivity contribution in [2.45, 2.75) is 75.9 Å². The molecule has 5 rings (SSSR count). The van der Waals surface area contributed by atoms with E-state index in [-0.39, 0.29) is 62.8 Å². The number of nitrogens with zero attached hydrogens (tertiary/aromatic N) is 3. The van der Waals surface area contributed by atoms with Gasteiger partial charge in [0.05, 0.1) is 33.9 Å².